The predicted molar refractivity (Wildman–Crippen MR) is 94.9 cm³/mol. The summed E-state index contributed by atoms with van der Waals surface area (Å²) in [4.78, 5) is 4.43. The Morgan fingerprint density at radius 2 is 1.75 bits per heavy atom. The van der Waals surface area contributed by atoms with Crippen LogP contribution in [0.1, 0.15) is 5.56 Å². The summed E-state index contributed by atoms with van der Waals surface area (Å²) in [7, 11) is 3.77. The number of aryl methyl sites for hydroxylation is 2. The Labute approximate surface area is 139 Å². The van der Waals surface area contributed by atoms with Crippen LogP contribution in [0.5, 0.6) is 0 Å². The molecule has 0 fully saturated rings. The van der Waals surface area contributed by atoms with E-state index in [0.717, 1.165) is 34.0 Å². The van der Waals surface area contributed by atoms with Crippen LogP contribution >= 0.6 is 0 Å². The molecule has 0 atom stereocenters. The summed E-state index contributed by atoms with van der Waals surface area (Å²) in [6.45, 7) is 2.08. The molecule has 24 heavy (non-hydrogen) atoms. The van der Waals surface area contributed by atoms with Crippen LogP contribution in [0.3, 0.4) is 0 Å². The van der Waals surface area contributed by atoms with Gasteiger partial charge in [-0.3, -0.25) is 4.68 Å². The number of hydrogen-bond acceptors (Lipinski definition) is 4. The monoisotopic (exact) mass is 318 g/mol. The van der Waals surface area contributed by atoms with Crippen LogP contribution in [-0.2, 0) is 7.05 Å². The van der Waals surface area contributed by atoms with Gasteiger partial charge in [0.25, 0.3) is 0 Å². The van der Waals surface area contributed by atoms with Crippen molar-refractivity contribution < 1.29 is 0 Å². The number of anilines is 1. The minimum absolute atomic E-state index is 0.796. The van der Waals surface area contributed by atoms with Gasteiger partial charge < -0.3 is 5.32 Å². The second-order valence-electron chi connectivity index (χ2n) is 5.83. The third-order valence-electron chi connectivity index (χ3n) is 4.01. The van der Waals surface area contributed by atoms with Gasteiger partial charge in [-0.1, -0.05) is 29.8 Å². The topological polar surface area (TPSA) is 60.0 Å². The van der Waals surface area contributed by atoms with Crippen LogP contribution in [0.4, 0.5) is 5.82 Å². The zero-order valence-corrected chi connectivity index (χ0v) is 13.9. The fourth-order valence-corrected chi connectivity index (χ4v) is 2.75. The van der Waals surface area contributed by atoms with Crippen LogP contribution in [0, 0.1) is 6.92 Å². The van der Waals surface area contributed by atoms with E-state index in [2.05, 4.69) is 46.6 Å². The molecule has 4 rings (SSSR count). The average Bonchev–Trinajstić information content (AvgIpc) is 3.17. The molecule has 0 radical (unpaired) electrons. The minimum Gasteiger partial charge on any atom is -0.372 e. The molecule has 0 aliphatic rings. The summed E-state index contributed by atoms with van der Waals surface area (Å²) in [5, 5.41) is 12.4. The van der Waals surface area contributed by atoms with E-state index in [-0.39, 0.29) is 0 Å². The highest BCUT2D eigenvalue weighted by Gasteiger charge is 2.14. The summed E-state index contributed by atoms with van der Waals surface area (Å²) in [5.74, 6) is 0.796. The Kier molecular flexibility index (Phi) is 3.30. The highest BCUT2D eigenvalue weighted by molar-refractivity contribution is 5.78. The standard InChI is InChI=1S/C18H18N6/c1-12-4-6-13(7-5-12)18-14(10-23(3)22-18)15-8-9-17-20-16(19-2)11-24(17)21-15/h4-11,19H,1-3H3. The van der Waals surface area contributed by atoms with Crippen molar-refractivity contribution in [3.05, 3.63) is 54.4 Å². The van der Waals surface area contributed by atoms with Crippen LogP contribution in [-0.4, -0.2) is 31.4 Å². The first-order valence-electron chi connectivity index (χ1n) is 7.79. The summed E-state index contributed by atoms with van der Waals surface area (Å²) < 4.78 is 3.61. The fraction of sp³-hybridized carbons (Fsp3) is 0.167. The number of nitrogens with zero attached hydrogens (tertiary/aromatic N) is 5. The van der Waals surface area contributed by atoms with Crippen LogP contribution in [0.15, 0.2) is 48.8 Å². The number of rotatable bonds is 3. The first kappa shape index (κ1) is 14.4. The zero-order valence-electron chi connectivity index (χ0n) is 13.9. The van der Waals surface area contributed by atoms with E-state index < -0.39 is 0 Å². The van der Waals surface area contributed by atoms with Crippen molar-refractivity contribution in [3.8, 4) is 22.5 Å². The molecule has 0 bridgehead atoms. The largest absolute Gasteiger partial charge is 0.372 e. The lowest BCUT2D eigenvalue weighted by Crippen LogP contribution is -1.93. The Hall–Kier alpha value is -3.15. The third kappa shape index (κ3) is 2.42. The molecule has 3 heterocycles. The number of aromatic nitrogens is 5. The van der Waals surface area contributed by atoms with Crippen LogP contribution in [0.25, 0.3) is 28.2 Å². The maximum absolute atomic E-state index is 4.69. The van der Waals surface area contributed by atoms with Crippen molar-refractivity contribution in [2.24, 2.45) is 7.05 Å². The first-order chi connectivity index (χ1) is 11.6. The van der Waals surface area contributed by atoms with Crippen molar-refractivity contribution >= 4 is 11.5 Å². The molecule has 120 valence electrons. The van der Waals surface area contributed by atoms with Gasteiger partial charge in [-0.15, -0.1) is 0 Å². The van der Waals surface area contributed by atoms with Crippen molar-refractivity contribution in [3.63, 3.8) is 0 Å². The third-order valence-corrected chi connectivity index (χ3v) is 4.01. The lowest BCUT2D eigenvalue weighted by atomic mass is 10.0. The predicted octanol–water partition coefficient (Wildman–Crippen LogP) is 3.15. The minimum atomic E-state index is 0.796. The van der Waals surface area contributed by atoms with E-state index >= 15 is 0 Å². The van der Waals surface area contributed by atoms with Crippen molar-refractivity contribution in [1.82, 2.24) is 24.4 Å². The first-order valence-corrected chi connectivity index (χ1v) is 7.79. The molecule has 0 aliphatic heterocycles. The number of benzene rings is 1. The van der Waals surface area contributed by atoms with Crippen molar-refractivity contribution in [1.29, 1.82) is 0 Å². The van der Waals surface area contributed by atoms with E-state index in [9.17, 15) is 0 Å². The molecular formula is C18H18N6. The van der Waals surface area contributed by atoms with E-state index in [1.54, 1.807) is 4.52 Å². The molecule has 0 amide bonds. The smallest absolute Gasteiger partial charge is 0.156 e. The molecule has 1 N–H and O–H groups in total. The SMILES string of the molecule is CNc1cn2nc(-c3cn(C)nc3-c3ccc(C)cc3)ccc2n1. The normalized spacial score (nSPS) is 11.1. The summed E-state index contributed by atoms with van der Waals surface area (Å²) in [5.41, 5.74) is 5.92. The Morgan fingerprint density at radius 1 is 0.958 bits per heavy atom. The molecule has 0 spiro atoms. The van der Waals surface area contributed by atoms with Crippen molar-refractivity contribution in [2.75, 3.05) is 12.4 Å². The maximum atomic E-state index is 4.69. The molecule has 0 aliphatic carbocycles. The highest BCUT2D eigenvalue weighted by atomic mass is 15.3. The summed E-state index contributed by atoms with van der Waals surface area (Å²) >= 11 is 0. The Morgan fingerprint density at radius 3 is 2.50 bits per heavy atom. The quantitative estimate of drug-likeness (QED) is 0.630. The lowest BCUT2D eigenvalue weighted by Gasteiger charge is -2.03. The second kappa shape index (κ2) is 5.49. The van der Waals surface area contributed by atoms with Crippen LogP contribution in [0.2, 0.25) is 0 Å². The Balaban J connectivity index is 1.85. The van der Waals surface area contributed by atoms with Gasteiger partial charge in [0.15, 0.2) is 5.65 Å². The maximum Gasteiger partial charge on any atom is 0.156 e. The number of fused-ring (bicyclic) bond motifs is 1. The number of hydrogen-bond donors (Lipinski definition) is 1. The van der Waals surface area contributed by atoms with Gasteiger partial charge in [0, 0.05) is 31.4 Å². The van der Waals surface area contributed by atoms with Gasteiger partial charge in [-0.05, 0) is 19.1 Å². The van der Waals surface area contributed by atoms with E-state index in [1.807, 2.05) is 43.3 Å². The molecule has 0 saturated carbocycles. The van der Waals surface area contributed by atoms with Gasteiger partial charge >= 0.3 is 0 Å². The Bertz CT molecular complexity index is 1010. The molecule has 4 aromatic rings. The van der Waals surface area contributed by atoms with Crippen LogP contribution < -0.4 is 5.32 Å². The summed E-state index contributed by atoms with van der Waals surface area (Å²) in [6, 6.07) is 12.3. The van der Waals surface area contributed by atoms with Crippen molar-refractivity contribution in [2.45, 2.75) is 6.92 Å². The molecule has 6 heteroatoms. The van der Waals surface area contributed by atoms with Gasteiger partial charge in [-0.2, -0.15) is 10.2 Å². The lowest BCUT2D eigenvalue weighted by molar-refractivity contribution is 0.771. The number of nitrogens with one attached hydrogen (secondary N) is 1. The van der Waals surface area contributed by atoms with Gasteiger partial charge in [0.1, 0.15) is 11.5 Å². The molecule has 6 nitrogen and oxygen atoms in total. The molecule has 3 aromatic heterocycles. The summed E-state index contributed by atoms with van der Waals surface area (Å²) in [6.07, 6.45) is 3.88. The molecule has 1 aromatic carbocycles. The van der Waals surface area contributed by atoms with Gasteiger partial charge in [0.2, 0.25) is 0 Å². The van der Waals surface area contributed by atoms with E-state index in [1.165, 1.54) is 5.56 Å². The van der Waals surface area contributed by atoms with Gasteiger partial charge in [-0.25, -0.2) is 9.50 Å². The van der Waals surface area contributed by atoms with Gasteiger partial charge in [0.05, 0.1) is 11.9 Å². The highest BCUT2D eigenvalue weighted by Crippen LogP contribution is 2.30. The fourth-order valence-electron chi connectivity index (χ4n) is 2.75. The van der Waals surface area contributed by atoms with E-state index in [4.69, 9.17) is 5.10 Å². The molecule has 0 unspecified atom stereocenters. The molecular weight excluding hydrogens is 300 g/mol. The number of imidazole rings is 1. The zero-order chi connectivity index (χ0) is 16.7. The molecule has 0 saturated heterocycles. The average molecular weight is 318 g/mol. The van der Waals surface area contributed by atoms with E-state index in [0.29, 0.717) is 0 Å². The second-order valence-corrected chi connectivity index (χ2v) is 5.83.